The summed E-state index contributed by atoms with van der Waals surface area (Å²) >= 11 is 6.28. The Bertz CT molecular complexity index is 601. The number of piperidine rings is 1. The number of allylic oxidation sites excluding steroid dienone is 5. The predicted molar refractivity (Wildman–Crippen MR) is 93.4 cm³/mol. The lowest BCUT2D eigenvalue weighted by Crippen LogP contribution is -2.29. The Kier molecular flexibility index (Phi) is 4.06. The SMILES string of the molecule is ClC1=CC2CCC3=CCC=NC3C(=C3CCNCC3)C2C=C1. The number of nitrogens with zero attached hydrogens (tertiary/aromatic N) is 1. The average Bonchev–Trinajstić information content (AvgIpc) is 2.72. The van der Waals surface area contributed by atoms with Crippen LogP contribution in [0.3, 0.4) is 0 Å². The largest absolute Gasteiger partial charge is 0.316 e. The molecule has 2 fully saturated rings. The molecule has 2 heterocycles. The molecule has 4 rings (SSSR count). The lowest BCUT2D eigenvalue weighted by Gasteiger charge is -2.32. The van der Waals surface area contributed by atoms with E-state index in [1.165, 1.54) is 24.8 Å². The van der Waals surface area contributed by atoms with Crippen LogP contribution >= 0.6 is 11.6 Å². The van der Waals surface area contributed by atoms with Crippen LogP contribution < -0.4 is 5.32 Å². The van der Waals surface area contributed by atoms with Crippen LogP contribution in [0.5, 0.6) is 0 Å². The van der Waals surface area contributed by atoms with Gasteiger partial charge in [-0.25, -0.2) is 0 Å². The number of aliphatic imine (C=N–C) groups is 1. The van der Waals surface area contributed by atoms with Crippen LogP contribution in [-0.4, -0.2) is 25.3 Å². The maximum absolute atomic E-state index is 6.28. The van der Waals surface area contributed by atoms with Gasteiger partial charge in [0, 0.05) is 23.6 Å². The maximum atomic E-state index is 6.28. The first-order chi connectivity index (χ1) is 10.8. The van der Waals surface area contributed by atoms with E-state index in [0.717, 1.165) is 31.0 Å². The second-order valence-electron chi connectivity index (χ2n) is 6.70. The average molecular weight is 315 g/mol. The molecule has 0 amide bonds. The van der Waals surface area contributed by atoms with Gasteiger partial charge >= 0.3 is 0 Å². The van der Waals surface area contributed by atoms with Crippen molar-refractivity contribution in [3.05, 3.63) is 46.1 Å². The van der Waals surface area contributed by atoms with Crippen LogP contribution in [0.2, 0.25) is 0 Å². The van der Waals surface area contributed by atoms with Crippen molar-refractivity contribution >= 4 is 17.8 Å². The molecule has 3 heteroatoms. The van der Waals surface area contributed by atoms with Crippen molar-refractivity contribution < 1.29 is 0 Å². The number of dihydropyridines is 1. The molecule has 3 unspecified atom stereocenters. The molecule has 1 saturated heterocycles. The Morgan fingerprint density at radius 3 is 2.91 bits per heavy atom. The predicted octanol–water partition coefficient (Wildman–Crippen LogP) is 4.15. The quantitative estimate of drug-likeness (QED) is 0.667. The van der Waals surface area contributed by atoms with Crippen molar-refractivity contribution in [1.82, 2.24) is 5.32 Å². The zero-order valence-corrected chi connectivity index (χ0v) is 13.6. The molecule has 0 aromatic carbocycles. The number of hydrogen-bond acceptors (Lipinski definition) is 2. The van der Waals surface area contributed by atoms with Gasteiger partial charge in [-0.15, -0.1) is 0 Å². The summed E-state index contributed by atoms with van der Waals surface area (Å²) in [6.07, 6.45) is 16.9. The van der Waals surface area contributed by atoms with Crippen molar-refractivity contribution in [2.45, 2.75) is 38.1 Å². The van der Waals surface area contributed by atoms with E-state index in [4.69, 9.17) is 16.6 Å². The van der Waals surface area contributed by atoms with Gasteiger partial charge < -0.3 is 5.32 Å². The highest BCUT2D eigenvalue weighted by Crippen LogP contribution is 2.44. The molecule has 2 aliphatic heterocycles. The first kappa shape index (κ1) is 14.5. The molecule has 2 nitrogen and oxygen atoms in total. The number of nitrogens with one attached hydrogen (secondary N) is 1. The summed E-state index contributed by atoms with van der Waals surface area (Å²) in [4.78, 5) is 4.92. The van der Waals surface area contributed by atoms with Gasteiger partial charge in [-0.05, 0) is 61.9 Å². The van der Waals surface area contributed by atoms with Crippen LogP contribution in [0.15, 0.2) is 51.0 Å². The van der Waals surface area contributed by atoms with E-state index >= 15 is 0 Å². The van der Waals surface area contributed by atoms with Crippen molar-refractivity contribution in [2.24, 2.45) is 16.8 Å². The van der Waals surface area contributed by atoms with Gasteiger partial charge in [0.05, 0.1) is 6.04 Å². The monoisotopic (exact) mass is 314 g/mol. The fourth-order valence-electron chi connectivity index (χ4n) is 4.36. The van der Waals surface area contributed by atoms with Crippen molar-refractivity contribution in [3.8, 4) is 0 Å². The highest BCUT2D eigenvalue weighted by Gasteiger charge is 2.36. The number of halogens is 1. The first-order valence-electron chi connectivity index (χ1n) is 8.51. The van der Waals surface area contributed by atoms with E-state index in [1.807, 2.05) is 0 Å². The fraction of sp³-hybridized carbons (Fsp3) is 0.526. The van der Waals surface area contributed by atoms with Gasteiger partial charge in [-0.2, -0.15) is 0 Å². The van der Waals surface area contributed by atoms with E-state index in [2.05, 4.69) is 35.8 Å². The summed E-state index contributed by atoms with van der Waals surface area (Å²) in [6.45, 7) is 2.21. The molecule has 4 aliphatic rings. The summed E-state index contributed by atoms with van der Waals surface area (Å²) < 4.78 is 0. The molecule has 1 saturated carbocycles. The van der Waals surface area contributed by atoms with Gasteiger partial charge in [0.1, 0.15) is 0 Å². The lowest BCUT2D eigenvalue weighted by atomic mass is 9.76. The van der Waals surface area contributed by atoms with E-state index < -0.39 is 0 Å². The number of fused-ring (bicyclic) bond motifs is 2. The molecule has 0 aromatic rings. The highest BCUT2D eigenvalue weighted by molar-refractivity contribution is 6.31. The Balaban J connectivity index is 1.81. The molecular formula is C19H23ClN2. The summed E-state index contributed by atoms with van der Waals surface area (Å²) in [5, 5.41) is 4.38. The molecular weight excluding hydrogens is 292 g/mol. The molecule has 3 atom stereocenters. The fourth-order valence-corrected chi connectivity index (χ4v) is 4.59. The second-order valence-corrected chi connectivity index (χ2v) is 7.13. The van der Waals surface area contributed by atoms with Gasteiger partial charge in [0.15, 0.2) is 0 Å². The van der Waals surface area contributed by atoms with Gasteiger partial charge in [0.25, 0.3) is 0 Å². The topological polar surface area (TPSA) is 24.4 Å². The molecule has 2 aliphatic carbocycles. The first-order valence-corrected chi connectivity index (χ1v) is 8.89. The van der Waals surface area contributed by atoms with Crippen LogP contribution in [-0.2, 0) is 0 Å². The molecule has 22 heavy (non-hydrogen) atoms. The standard InChI is InChI=1S/C19H23ClN2/c20-16-5-6-17-15(12-16)4-3-14-2-1-9-22-19(14)18(17)13-7-10-21-11-8-13/h2,5-6,9,12,15,17,19,21H,1,3-4,7-8,10-11H2. The van der Waals surface area contributed by atoms with Crippen molar-refractivity contribution in [3.63, 3.8) is 0 Å². The molecule has 116 valence electrons. The summed E-state index contributed by atoms with van der Waals surface area (Å²) in [5.41, 5.74) is 4.76. The lowest BCUT2D eigenvalue weighted by molar-refractivity contribution is 0.490. The molecule has 0 spiro atoms. The van der Waals surface area contributed by atoms with Crippen molar-refractivity contribution in [1.29, 1.82) is 0 Å². The van der Waals surface area contributed by atoms with E-state index in [1.54, 1.807) is 11.1 Å². The van der Waals surface area contributed by atoms with Gasteiger partial charge in [-0.1, -0.05) is 35.4 Å². The molecule has 0 bridgehead atoms. The normalized spacial score (nSPS) is 34.5. The number of hydrogen-bond donors (Lipinski definition) is 1. The summed E-state index contributed by atoms with van der Waals surface area (Å²) in [5.74, 6) is 1.03. The molecule has 0 aromatic heterocycles. The molecule has 0 radical (unpaired) electrons. The maximum Gasteiger partial charge on any atom is 0.0924 e. The van der Waals surface area contributed by atoms with Crippen LogP contribution in [0.25, 0.3) is 0 Å². The van der Waals surface area contributed by atoms with E-state index in [-0.39, 0.29) is 0 Å². The Labute approximate surface area is 137 Å². The van der Waals surface area contributed by atoms with E-state index in [0.29, 0.717) is 17.9 Å². The summed E-state index contributed by atoms with van der Waals surface area (Å²) in [6, 6.07) is 0.298. The van der Waals surface area contributed by atoms with Crippen LogP contribution in [0, 0.1) is 11.8 Å². The Morgan fingerprint density at radius 1 is 1.18 bits per heavy atom. The Morgan fingerprint density at radius 2 is 2.05 bits per heavy atom. The zero-order valence-electron chi connectivity index (χ0n) is 12.9. The third-order valence-electron chi connectivity index (χ3n) is 5.42. The minimum Gasteiger partial charge on any atom is -0.316 e. The van der Waals surface area contributed by atoms with E-state index in [9.17, 15) is 0 Å². The highest BCUT2D eigenvalue weighted by atomic mass is 35.5. The third kappa shape index (κ3) is 2.63. The minimum atomic E-state index is 0.298. The molecule has 1 N–H and O–H groups in total. The smallest absolute Gasteiger partial charge is 0.0924 e. The van der Waals surface area contributed by atoms with Gasteiger partial charge in [0.2, 0.25) is 0 Å². The zero-order chi connectivity index (χ0) is 14.9. The van der Waals surface area contributed by atoms with Crippen LogP contribution in [0.1, 0.15) is 32.1 Å². The van der Waals surface area contributed by atoms with Crippen molar-refractivity contribution in [2.75, 3.05) is 13.1 Å². The number of rotatable bonds is 0. The summed E-state index contributed by atoms with van der Waals surface area (Å²) in [7, 11) is 0. The minimum absolute atomic E-state index is 0.298. The second kappa shape index (κ2) is 6.17. The Hall–Kier alpha value is -1.12. The third-order valence-corrected chi connectivity index (χ3v) is 5.68. The van der Waals surface area contributed by atoms with Gasteiger partial charge in [-0.3, -0.25) is 4.99 Å². The van der Waals surface area contributed by atoms with Crippen LogP contribution in [0.4, 0.5) is 0 Å².